The first-order chi connectivity index (χ1) is 4.47. The second kappa shape index (κ2) is 1.98. The smallest absolute Gasteiger partial charge is 0.00387 e. The third-order valence-corrected chi connectivity index (χ3v) is 2.04. The van der Waals surface area contributed by atoms with Crippen LogP contribution < -0.4 is 0 Å². The summed E-state index contributed by atoms with van der Waals surface area (Å²) in [6.07, 6.45) is 8.62. The van der Waals surface area contributed by atoms with Crippen molar-refractivity contribution in [1.29, 1.82) is 0 Å². The SMILES string of the molecule is C1=C(N2CCCCC2)[CH-]1. The average Bonchev–Trinajstić information content (AvgIpc) is 2.71. The first-order valence-corrected chi connectivity index (χ1v) is 3.77. The van der Waals surface area contributed by atoms with Crippen molar-refractivity contribution in [2.24, 2.45) is 0 Å². The Morgan fingerprint density at radius 3 is 2.44 bits per heavy atom. The van der Waals surface area contributed by atoms with E-state index in [2.05, 4.69) is 17.4 Å². The molecule has 0 radical (unpaired) electrons. The monoisotopic (exact) mass is 122 g/mol. The molecule has 0 saturated carbocycles. The van der Waals surface area contributed by atoms with E-state index in [1.54, 1.807) is 0 Å². The molecular formula is C8H12N-. The quantitative estimate of drug-likeness (QED) is 0.477. The summed E-state index contributed by atoms with van der Waals surface area (Å²) in [7, 11) is 0. The van der Waals surface area contributed by atoms with Crippen LogP contribution in [0.1, 0.15) is 19.3 Å². The maximum atomic E-state index is 2.48. The molecule has 1 saturated heterocycles. The van der Waals surface area contributed by atoms with Crippen molar-refractivity contribution < 1.29 is 0 Å². The molecule has 1 heteroatoms. The molecule has 1 aliphatic carbocycles. The van der Waals surface area contributed by atoms with Gasteiger partial charge in [0.25, 0.3) is 0 Å². The van der Waals surface area contributed by atoms with Gasteiger partial charge in [-0.05, 0) is 12.8 Å². The highest BCUT2D eigenvalue weighted by Gasteiger charge is 2.08. The zero-order valence-corrected chi connectivity index (χ0v) is 5.64. The lowest BCUT2D eigenvalue weighted by atomic mass is 10.1. The van der Waals surface area contributed by atoms with Crippen LogP contribution >= 0.6 is 0 Å². The van der Waals surface area contributed by atoms with Crippen LogP contribution in [0.15, 0.2) is 11.8 Å². The van der Waals surface area contributed by atoms with Crippen LogP contribution in [0.2, 0.25) is 0 Å². The molecule has 1 aliphatic heterocycles. The van der Waals surface area contributed by atoms with E-state index < -0.39 is 0 Å². The molecule has 1 fully saturated rings. The molecular weight excluding hydrogens is 110 g/mol. The summed E-state index contributed by atoms with van der Waals surface area (Å²) >= 11 is 0. The molecule has 0 atom stereocenters. The molecule has 0 aromatic carbocycles. The van der Waals surface area contributed by atoms with Crippen molar-refractivity contribution in [3.05, 3.63) is 18.2 Å². The van der Waals surface area contributed by atoms with E-state index in [-0.39, 0.29) is 0 Å². The van der Waals surface area contributed by atoms with Crippen molar-refractivity contribution >= 4 is 0 Å². The van der Waals surface area contributed by atoms with Crippen molar-refractivity contribution in [2.75, 3.05) is 13.1 Å². The van der Waals surface area contributed by atoms with E-state index in [1.807, 2.05) is 0 Å². The van der Waals surface area contributed by atoms with Crippen LogP contribution in [0.4, 0.5) is 0 Å². The van der Waals surface area contributed by atoms with E-state index in [0.29, 0.717) is 0 Å². The van der Waals surface area contributed by atoms with Gasteiger partial charge in [0.2, 0.25) is 0 Å². The molecule has 1 nitrogen and oxygen atoms in total. The second-order valence-electron chi connectivity index (χ2n) is 2.81. The van der Waals surface area contributed by atoms with Gasteiger partial charge in [0.05, 0.1) is 0 Å². The molecule has 0 aromatic rings. The van der Waals surface area contributed by atoms with E-state index in [9.17, 15) is 0 Å². The first-order valence-electron chi connectivity index (χ1n) is 3.77. The lowest BCUT2D eigenvalue weighted by Crippen LogP contribution is -2.25. The van der Waals surface area contributed by atoms with Crippen LogP contribution in [-0.2, 0) is 0 Å². The minimum absolute atomic E-state index is 1.29. The number of hydrogen-bond acceptors (Lipinski definition) is 1. The van der Waals surface area contributed by atoms with Crippen molar-refractivity contribution in [1.82, 2.24) is 4.90 Å². The van der Waals surface area contributed by atoms with E-state index in [4.69, 9.17) is 0 Å². The van der Waals surface area contributed by atoms with Gasteiger partial charge < -0.3 is 4.90 Å². The number of allylic oxidation sites excluding steroid dienone is 2. The third kappa shape index (κ3) is 1.04. The van der Waals surface area contributed by atoms with Crippen LogP contribution in [0.5, 0.6) is 0 Å². The molecule has 50 valence electrons. The fraction of sp³-hybridized carbons (Fsp3) is 0.625. The Morgan fingerprint density at radius 2 is 1.89 bits per heavy atom. The molecule has 0 unspecified atom stereocenters. The Kier molecular flexibility index (Phi) is 1.15. The Bertz CT molecular complexity index is 132. The minimum atomic E-state index is 1.29. The van der Waals surface area contributed by atoms with Gasteiger partial charge >= 0.3 is 0 Å². The first kappa shape index (κ1) is 5.21. The maximum absolute atomic E-state index is 2.48. The molecule has 0 spiro atoms. The average molecular weight is 122 g/mol. The lowest BCUT2D eigenvalue weighted by Gasteiger charge is -2.31. The zero-order valence-electron chi connectivity index (χ0n) is 5.64. The molecule has 9 heavy (non-hydrogen) atoms. The van der Waals surface area contributed by atoms with Gasteiger partial charge in [0, 0.05) is 13.1 Å². The summed E-state index contributed by atoms with van der Waals surface area (Å²) < 4.78 is 0. The molecule has 2 aliphatic rings. The van der Waals surface area contributed by atoms with Crippen molar-refractivity contribution in [2.45, 2.75) is 19.3 Å². The van der Waals surface area contributed by atoms with E-state index in [1.165, 1.54) is 38.0 Å². The van der Waals surface area contributed by atoms with Crippen LogP contribution in [0.3, 0.4) is 0 Å². The van der Waals surface area contributed by atoms with Crippen molar-refractivity contribution in [3.8, 4) is 0 Å². The van der Waals surface area contributed by atoms with E-state index in [0.717, 1.165) is 0 Å². The Labute approximate surface area is 56.4 Å². The maximum Gasteiger partial charge on any atom is 0.00387 e. The Balaban J connectivity index is 1.87. The predicted molar refractivity (Wildman–Crippen MR) is 37.8 cm³/mol. The predicted octanol–water partition coefficient (Wildman–Crippen LogP) is 1.57. The van der Waals surface area contributed by atoms with Gasteiger partial charge in [0.1, 0.15) is 0 Å². The fourth-order valence-electron chi connectivity index (χ4n) is 1.40. The number of likely N-dealkylation sites (tertiary alicyclic amines) is 1. The molecule has 2 rings (SSSR count). The third-order valence-electron chi connectivity index (χ3n) is 2.04. The largest absolute Gasteiger partial charge is 0.446 e. The van der Waals surface area contributed by atoms with Crippen LogP contribution in [-0.4, -0.2) is 18.0 Å². The lowest BCUT2D eigenvalue weighted by molar-refractivity contribution is 0.299. The number of nitrogens with zero attached hydrogens (tertiary/aromatic N) is 1. The summed E-state index contributed by atoms with van der Waals surface area (Å²) in [5.41, 5.74) is 1.48. The second-order valence-corrected chi connectivity index (χ2v) is 2.81. The summed E-state index contributed by atoms with van der Waals surface area (Å²) in [4.78, 5) is 2.48. The molecule has 0 bridgehead atoms. The number of rotatable bonds is 1. The Morgan fingerprint density at radius 1 is 1.22 bits per heavy atom. The molecule has 0 N–H and O–H groups in total. The summed E-state index contributed by atoms with van der Waals surface area (Å²) in [5.74, 6) is 0. The molecule has 1 heterocycles. The summed E-state index contributed by atoms with van der Waals surface area (Å²) in [6, 6.07) is 0. The van der Waals surface area contributed by atoms with Crippen LogP contribution in [0, 0.1) is 6.42 Å². The van der Waals surface area contributed by atoms with Crippen molar-refractivity contribution in [3.63, 3.8) is 0 Å². The fourth-order valence-corrected chi connectivity index (χ4v) is 1.40. The molecule has 0 amide bonds. The number of piperidine rings is 1. The highest BCUT2D eigenvalue weighted by molar-refractivity contribution is 5.37. The summed E-state index contributed by atoms with van der Waals surface area (Å²) in [5, 5.41) is 0. The van der Waals surface area contributed by atoms with Gasteiger partial charge in [0.15, 0.2) is 0 Å². The Hall–Kier alpha value is -0.590. The van der Waals surface area contributed by atoms with Gasteiger partial charge in [-0.3, -0.25) is 12.5 Å². The minimum Gasteiger partial charge on any atom is -0.446 e. The normalized spacial score (nSPS) is 24.9. The van der Waals surface area contributed by atoms with Gasteiger partial charge in [-0.2, -0.15) is 5.70 Å². The van der Waals surface area contributed by atoms with E-state index >= 15 is 0 Å². The van der Waals surface area contributed by atoms with Gasteiger partial charge in [-0.25, -0.2) is 0 Å². The van der Waals surface area contributed by atoms with Gasteiger partial charge in [-0.1, -0.05) is 6.42 Å². The number of hydrogen-bond donors (Lipinski definition) is 0. The highest BCUT2D eigenvalue weighted by atomic mass is 15.1. The zero-order chi connectivity index (χ0) is 6.10. The molecule has 0 aromatic heterocycles. The summed E-state index contributed by atoms with van der Waals surface area (Å²) in [6.45, 7) is 2.59. The topological polar surface area (TPSA) is 3.24 Å². The standard InChI is InChI=1S/C8H12N/c1-2-6-9(7-3-1)8-4-5-8/h4-5H,1-3,6-7H2/q-1. The van der Waals surface area contributed by atoms with Crippen LogP contribution in [0.25, 0.3) is 0 Å². The highest BCUT2D eigenvalue weighted by Crippen LogP contribution is 2.25. The van der Waals surface area contributed by atoms with Gasteiger partial charge in [-0.15, -0.1) is 0 Å².